The summed E-state index contributed by atoms with van der Waals surface area (Å²) >= 11 is 2.65. The van der Waals surface area contributed by atoms with Crippen LogP contribution in [0.25, 0.3) is 15.9 Å². The maximum atomic E-state index is 13.0. The molecule has 8 nitrogen and oxygen atoms in total. The summed E-state index contributed by atoms with van der Waals surface area (Å²) in [5, 5.41) is 3.78. The average molecular weight is 496 g/mol. The van der Waals surface area contributed by atoms with Gasteiger partial charge in [0.25, 0.3) is 11.1 Å². The number of allylic oxidation sites excluding steroid dienone is 1. The van der Waals surface area contributed by atoms with Gasteiger partial charge in [-0.15, -0.1) is 17.9 Å². The fourth-order valence-corrected chi connectivity index (χ4v) is 5.46. The molecule has 34 heavy (non-hydrogen) atoms. The number of para-hydroxylation sites is 1. The molecule has 10 heteroatoms. The molecule has 0 fully saturated rings. The lowest BCUT2D eigenvalue weighted by molar-refractivity contribution is -0.113. The topological polar surface area (TPSA) is 90.9 Å². The number of benzene rings is 1. The van der Waals surface area contributed by atoms with Gasteiger partial charge in [-0.25, -0.2) is 9.67 Å². The number of aromatic nitrogens is 4. The molecule has 0 saturated carbocycles. The molecule has 0 spiro atoms. The Labute approximate surface area is 204 Å². The van der Waals surface area contributed by atoms with Gasteiger partial charge in [-0.05, 0) is 31.5 Å². The molecule has 0 aliphatic rings. The van der Waals surface area contributed by atoms with Crippen molar-refractivity contribution in [2.24, 2.45) is 7.05 Å². The molecule has 0 aliphatic carbocycles. The van der Waals surface area contributed by atoms with Gasteiger partial charge in [0.1, 0.15) is 10.5 Å². The van der Waals surface area contributed by atoms with E-state index in [1.807, 2.05) is 43.3 Å². The molecular formula is C24H25N5O3S2. The van der Waals surface area contributed by atoms with Gasteiger partial charge < -0.3 is 5.32 Å². The average Bonchev–Trinajstić information content (AvgIpc) is 3.35. The summed E-state index contributed by atoms with van der Waals surface area (Å²) in [6.45, 7) is 7.84. The molecule has 3 aromatic heterocycles. The van der Waals surface area contributed by atoms with E-state index in [1.54, 1.807) is 24.7 Å². The number of hydrogen-bond donors (Lipinski definition) is 1. The van der Waals surface area contributed by atoms with E-state index in [9.17, 15) is 14.4 Å². The summed E-state index contributed by atoms with van der Waals surface area (Å²) in [6.07, 6.45) is 2.45. The lowest BCUT2D eigenvalue weighted by Gasteiger charge is -2.10. The summed E-state index contributed by atoms with van der Waals surface area (Å²) in [5.41, 5.74) is 1.13. The standard InChI is InChI=1S/C24H25N5O3S2/c1-5-12-28-22(31)18-13-17(6-2)34-21(18)26-24(28)33-14-19(30)25-20-15(3)27(4)29(23(20)32)16-10-8-7-9-11-16/h5,7-11,13H,1,6,12,14H2,2-4H3,(H,25,30). The molecule has 0 bridgehead atoms. The fourth-order valence-electron chi connectivity index (χ4n) is 3.64. The van der Waals surface area contributed by atoms with Crippen molar-refractivity contribution < 1.29 is 4.79 Å². The molecule has 176 valence electrons. The molecule has 3 heterocycles. The molecule has 0 atom stereocenters. The van der Waals surface area contributed by atoms with E-state index in [1.165, 1.54) is 20.6 Å². The van der Waals surface area contributed by atoms with Crippen LogP contribution in [0.15, 0.2) is 63.8 Å². The molecule has 0 unspecified atom stereocenters. The van der Waals surface area contributed by atoms with E-state index >= 15 is 0 Å². The van der Waals surface area contributed by atoms with Gasteiger partial charge in [0.2, 0.25) is 5.91 Å². The molecule has 0 aliphatic heterocycles. The Morgan fingerprint density at radius 3 is 2.65 bits per heavy atom. The highest BCUT2D eigenvalue weighted by Crippen LogP contribution is 2.25. The van der Waals surface area contributed by atoms with Gasteiger partial charge in [-0.2, -0.15) is 0 Å². The van der Waals surface area contributed by atoms with Gasteiger partial charge >= 0.3 is 0 Å². The maximum Gasteiger partial charge on any atom is 0.295 e. The fraction of sp³-hybridized carbons (Fsp3) is 0.250. The number of carbonyl (C=O) groups excluding carboxylic acids is 1. The molecular weight excluding hydrogens is 470 g/mol. The second-order valence-electron chi connectivity index (χ2n) is 7.66. The largest absolute Gasteiger partial charge is 0.319 e. The first-order valence-electron chi connectivity index (χ1n) is 10.8. The first-order valence-corrected chi connectivity index (χ1v) is 12.6. The molecule has 1 aromatic carbocycles. The Balaban J connectivity index is 1.58. The van der Waals surface area contributed by atoms with E-state index in [-0.39, 0.29) is 28.5 Å². The van der Waals surface area contributed by atoms with Crippen molar-refractivity contribution in [3.8, 4) is 5.69 Å². The number of thioether (sulfide) groups is 1. The smallest absolute Gasteiger partial charge is 0.295 e. The zero-order valence-corrected chi connectivity index (χ0v) is 20.8. The minimum atomic E-state index is -0.351. The molecule has 1 amide bonds. The van der Waals surface area contributed by atoms with Crippen molar-refractivity contribution >= 4 is 44.9 Å². The third kappa shape index (κ3) is 4.38. The number of rotatable bonds is 8. The number of thiophene rings is 1. The van der Waals surface area contributed by atoms with Crippen molar-refractivity contribution in [2.75, 3.05) is 11.1 Å². The van der Waals surface area contributed by atoms with Gasteiger partial charge in [0.15, 0.2) is 5.16 Å². The van der Waals surface area contributed by atoms with Crippen molar-refractivity contribution in [3.05, 3.63) is 80.3 Å². The van der Waals surface area contributed by atoms with Crippen LogP contribution < -0.4 is 16.4 Å². The predicted molar refractivity (Wildman–Crippen MR) is 139 cm³/mol. The first-order chi connectivity index (χ1) is 16.3. The lowest BCUT2D eigenvalue weighted by Crippen LogP contribution is -2.25. The van der Waals surface area contributed by atoms with Gasteiger partial charge in [0, 0.05) is 18.5 Å². The lowest BCUT2D eigenvalue weighted by atomic mass is 10.3. The zero-order chi connectivity index (χ0) is 24.4. The second-order valence-corrected chi connectivity index (χ2v) is 9.71. The van der Waals surface area contributed by atoms with E-state index < -0.39 is 0 Å². The van der Waals surface area contributed by atoms with Gasteiger partial charge in [-0.1, -0.05) is 43.0 Å². The minimum Gasteiger partial charge on any atom is -0.319 e. The molecule has 0 radical (unpaired) electrons. The van der Waals surface area contributed by atoms with Crippen molar-refractivity contribution in [3.63, 3.8) is 0 Å². The summed E-state index contributed by atoms with van der Waals surface area (Å²) in [5.74, 6) is -0.351. The van der Waals surface area contributed by atoms with E-state index in [2.05, 4.69) is 16.9 Å². The Kier molecular flexibility index (Phi) is 6.90. The van der Waals surface area contributed by atoms with Crippen LogP contribution in [-0.2, 0) is 24.8 Å². The number of fused-ring (bicyclic) bond motifs is 1. The number of aryl methyl sites for hydroxylation is 1. The van der Waals surface area contributed by atoms with Gasteiger partial charge in [0.05, 0.1) is 22.5 Å². The van der Waals surface area contributed by atoms with Crippen molar-refractivity contribution in [2.45, 2.75) is 32.0 Å². The SMILES string of the molecule is C=CCn1c(SCC(=O)Nc2c(C)n(C)n(-c3ccccc3)c2=O)nc2sc(CC)cc2c1=O. The highest BCUT2D eigenvalue weighted by Gasteiger charge is 2.19. The highest BCUT2D eigenvalue weighted by atomic mass is 32.2. The van der Waals surface area contributed by atoms with Gasteiger partial charge in [-0.3, -0.25) is 23.6 Å². The van der Waals surface area contributed by atoms with E-state index in [0.29, 0.717) is 33.3 Å². The van der Waals surface area contributed by atoms with Crippen LogP contribution in [0.3, 0.4) is 0 Å². The molecule has 1 N–H and O–H groups in total. The van der Waals surface area contributed by atoms with Crippen LogP contribution in [-0.4, -0.2) is 30.6 Å². The molecule has 4 rings (SSSR count). The number of nitrogens with one attached hydrogen (secondary N) is 1. The second kappa shape index (κ2) is 9.86. The van der Waals surface area contributed by atoms with E-state index in [4.69, 9.17) is 0 Å². The quantitative estimate of drug-likeness (QED) is 0.228. The van der Waals surface area contributed by atoms with Crippen LogP contribution in [0.1, 0.15) is 17.5 Å². The third-order valence-electron chi connectivity index (χ3n) is 5.48. The Morgan fingerprint density at radius 1 is 1.24 bits per heavy atom. The molecule has 4 aromatic rings. The Morgan fingerprint density at radius 2 is 1.97 bits per heavy atom. The van der Waals surface area contributed by atoms with Crippen LogP contribution in [0.5, 0.6) is 0 Å². The number of nitrogens with zero attached hydrogens (tertiary/aromatic N) is 4. The number of carbonyl (C=O) groups is 1. The number of hydrogen-bond acceptors (Lipinski definition) is 6. The van der Waals surface area contributed by atoms with Crippen LogP contribution in [0.2, 0.25) is 0 Å². The van der Waals surface area contributed by atoms with Crippen molar-refractivity contribution in [1.82, 2.24) is 18.9 Å². The van der Waals surface area contributed by atoms with Crippen LogP contribution in [0.4, 0.5) is 5.69 Å². The minimum absolute atomic E-state index is 0.000209. The monoisotopic (exact) mass is 495 g/mol. The van der Waals surface area contributed by atoms with Crippen LogP contribution >= 0.6 is 23.1 Å². The summed E-state index contributed by atoms with van der Waals surface area (Å²) in [4.78, 5) is 45.2. The number of anilines is 1. The summed E-state index contributed by atoms with van der Waals surface area (Å²) < 4.78 is 4.74. The normalized spacial score (nSPS) is 11.1. The summed E-state index contributed by atoms with van der Waals surface area (Å²) in [7, 11) is 1.77. The first kappa shape index (κ1) is 23.8. The third-order valence-corrected chi connectivity index (χ3v) is 7.63. The van der Waals surface area contributed by atoms with Crippen molar-refractivity contribution in [1.29, 1.82) is 0 Å². The predicted octanol–water partition coefficient (Wildman–Crippen LogP) is 3.74. The zero-order valence-electron chi connectivity index (χ0n) is 19.2. The molecule has 0 saturated heterocycles. The maximum absolute atomic E-state index is 13.0. The summed E-state index contributed by atoms with van der Waals surface area (Å²) in [6, 6.07) is 11.1. The Hall–Kier alpha value is -3.37. The van der Waals surface area contributed by atoms with E-state index in [0.717, 1.165) is 23.1 Å². The number of amides is 1. The highest BCUT2D eigenvalue weighted by molar-refractivity contribution is 7.99. The van der Waals surface area contributed by atoms with Crippen LogP contribution in [0, 0.1) is 6.92 Å². The Bertz CT molecular complexity index is 1500.